The van der Waals surface area contributed by atoms with Crippen molar-refractivity contribution in [2.75, 3.05) is 19.8 Å². The lowest BCUT2D eigenvalue weighted by atomic mass is 10.1. The van der Waals surface area contributed by atoms with Crippen molar-refractivity contribution in [1.82, 2.24) is 0 Å². The van der Waals surface area contributed by atoms with E-state index in [9.17, 15) is 19.2 Å². The highest BCUT2D eigenvalue weighted by molar-refractivity contribution is 5.93. The van der Waals surface area contributed by atoms with E-state index in [1.165, 1.54) is 25.0 Å². The van der Waals surface area contributed by atoms with E-state index < -0.39 is 17.9 Å². The minimum absolute atomic E-state index is 0.0176. The molecule has 0 saturated heterocycles. The molecule has 306 valence electrons. The molecule has 0 heterocycles. The van der Waals surface area contributed by atoms with Gasteiger partial charge in [-0.2, -0.15) is 10.2 Å². The number of azo groups is 1. The maximum absolute atomic E-state index is 12.9. The number of nitrogens with zero attached hydrogens (tertiary/aromatic N) is 2. The van der Waals surface area contributed by atoms with Crippen LogP contribution in [0.4, 0.5) is 11.4 Å². The molecule has 0 aliphatic carbocycles. The first kappa shape index (κ1) is 44.6. The molecular weight excluding hydrogens is 737 g/mol. The molecule has 1 atom stereocenters. The molecule has 4 rings (SSSR count). The number of unbranched alkanes of at least 4 members (excludes halogenated alkanes) is 7. The van der Waals surface area contributed by atoms with Crippen LogP contribution in [0.1, 0.15) is 103 Å². The van der Waals surface area contributed by atoms with Crippen LogP contribution in [0.5, 0.6) is 17.2 Å². The lowest BCUT2D eigenvalue weighted by Gasteiger charge is -2.09. The number of carbonyl (C=O) groups excluding carboxylic acids is 4. The van der Waals surface area contributed by atoms with E-state index in [1.54, 1.807) is 54.6 Å². The van der Waals surface area contributed by atoms with Crippen LogP contribution in [0, 0.1) is 12.8 Å². The Hall–Kier alpha value is -6.10. The first-order valence-electron chi connectivity index (χ1n) is 20.0. The number of benzene rings is 4. The number of carbonyl (C=O) groups is 4. The molecule has 0 amide bonds. The maximum Gasteiger partial charge on any atom is 0.343 e. The lowest BCUT2D eigenvalue weighted by molar-refractivity contribution is -0.148. The van der Waals surface area contributed by atoms with E-state index in [-0.39, 0.29) is 18.5 Å². The van der Waals surface area contributed by atoms with Crippen LogP contribution in [-0.2, 0) is 25.5 Å². The van der Waals surface area contributed by atoms with Gasteiger partial charge in [0.25, 0.3) is 0 Å². The van der Waals surface area contributed by atoms with Gasteiger partial charge in [0.05, 0.1) is 48.2 Å². The molecule has 1 unspecified atom stereocenters. The topological polar surface area (TPSA) is 139 Å². The summed E-state index contributed by atoms with van der Waals surface area (Å²) in [6.07, 6.45) is 11.2. The predicted molar refractivity (Wildman–Crippen MR) is 222 cm³/mol. The molecule has 0 bridgehead atoms. The lowest BCUT2D eigenvalue weighted by Crippen LogP contribution is -2.14. The molecule has 4 aromatic carbocycles. The zero-order chi connectivity index (χ0) is 41.5. The predicted octanol–water partition coefficient (Wildman–Crippen LogP) is 11.2. The smallest absolute Gasteiger partial charge is 0.343 e. The van der Waals surface area contributed by atoms with Gasteiger partial charge in [0.15, 0.2) is 0 Å². The first-order valence-corrected chi connectivity index (χ1v) is 20.0. The van der Waals surface area contributed by atoms with E-state index in [1.807, 2.05) is 45.0 Å². The van der Waals surface area contributed by atoms with Gasteiger partial charge in [-0.15, -0.1) is 0 Å². The molecular formula is C47H54N2O9. The van der Waals surface area contributed by atoms with Crippen molar-refractivity contribution in [3.8, 4) is 17.2 Å². The summed E-state index contributed by atoms with van der Waals surface area (Å²) in [5.74, 6) is -0.284. The molecule has 0 aliphatic heterocycles. The molecule has 58 heavy (non-hydrogen) atoms. The molecule has 0 aliphatic rings. The second kappa shape index (κ2) is 24.5. The summed E-state index contributed by atoms with van der Waals surface area (Å²) in [6, 6.07) is 25.6. The van der Waals surface area contributed by atoms with E-state index in [0.717, 1.165) is 56.6 Å². The monoisotopic (exact) mass is 790 g/mol. The van der Waals surface area contributed by atoms with Crippen LogP contribution in [0.3, 0.4) is 0 Å². The third-order valence-electron chi connectivity index (χ3n) is 9.34. The summed E-state index contributed by atoms with van der Waals surface area (Å²) in [7, 11) is 0. The molecule has 4 aromatic rings. The number of esters is 4. The molecule has 0 radical (unpaired) electrons. The van der Waals surface area contributed by atoms with Gasteiger partial charge >= 0.3 is 23.9 Å². The summed E-state index contributed by atoms with van der Waals surface area (Å²) in [4.78, 5) is 48.5. The van der Waals surface area contributed by atoms with Gasteiger partial charge in [0.1, 0.15) is 17.2 Å². The number of ether oxygens (including phenoxy) is 5. The highest BCUT2D eigenvalue weighted by Gasteiger charge is 2.14. The van der Waals surface area contributed by atoms with Gasteiger partial charge in [-0.3, -0.25) is 4.79 Å². The molecule has 0 fully saturated rings. The van der Waals surface area contributed by atoms with Gasteiger partial charge in [0.2, 0.25) is 0 Å². The molecule has 11 heteroatoms. The highest BCUT2D eigenvalue weighted by Crippen LogP contribution is 2.27. The number of hydrogen-bond acceptors (Lipinski definition) is 11. The Balaban J connectivity index is 1.11. The zero-order valence-corrected chi connectivity index (χ0v) is 33.8. The fourth-order valence-corrected chi connectivity index (χ4v) is 5.59. The average molecular weight is 791 g/mol. The van der Waals surface area contributed by atoms with Crippen LogP contribution in [0.25, 0.3) is 0 Å². The molecule has 0 saturated carbocycles. The molecule has 0 aromatic heterocycles. The highest BCUT2D eigenvalue weighted by atomic mass is 16.5. The Labute approximate surface area is 341 Å². The quantitative estimate of drug-likeness (QED) is 0.0223. The minimum atomic E-state index is -0.560. The molecule has 0 N–H and O–H groups in total. The summed E-state index contributed by atoms with van der Waals surface area (Å²) < 4.78 is 27.3. The van der Waals surface area contributed by atoms with Crippen molar-refractivity contribution in [2.45, 2.75) is 85.0 Å². The standard InChI is InChI=1S/C47H54N2O9/c1-5-34(3)45(51)56-31-14-12-10-8-7-9-11-13-30-54-41-24-17-37(18-25-41)46(52)57-42-26-19-38(20-27-42)47(53)58-43-28-23-40(33-35(43)4)49-48-39-21-15-36(16-22-39)29-32-55-44(50)6-2/h6,15-28,33-34H,2,5,7-14,29-32H2,1,3-4H3. The molecule has 0 spiro atoms. The van der Waals surface area contributed by atoms with Crippen LogP contribution in [0.15, 0.2) is 114 Å². The second-order valence-electron chi connectivity index (χ2n) is 13.9. The molecule has 11 nitrogen and oxygen atoms in total. The third-order valence-corrected chi connectivity index (χ3v) is 9.34. The SMILES string of the molecule is C=CC(=O)OCCc1ccc(N=Nc2ccc(OC(=O)c3ccc(OC(=O)c4ccc(OCCCCCCCCCCOC(=O)C(C)CC)cc4)cc3)c(C)c2)cc1. The van der Waals surface area contributed by atoms with Gasteiger partial charge in [-0.1, -0.05) is 71.1 Å². The van der Waals surface area contributed by atoms with E-state index in [2.05, 4.69) is 16.8 Å². The van der Waals surface area contributed by atoms with Crippen molar-refractivity contribution in [3.05, 3.63) is 126 Å². The van der Waals surface area contributed by atoms with E-state index in [0.29, 0.717) is 64.9 Å². The van der Waals surface area contributed by atoms with Crippen molar-refractivity contribution in [1.29, 1.82) is 0 Å². The maximum atomic E-state index is 12.9. The van der Waals surface area contributed by atoms with E-state index >= 15 is 0 Å². The van der Waals surface area contributed by atoms with Crippen LogP contribution < -0.4 is 14.2 Å². The third kappa shape index (κ3) is 15.8. The van der Waals surface area contributed by atoms with Gasteiger partial charge in [0, 0.05) is 12.5 Å². The van der Waals surface area contributed by atoms with E-state index in [4.69, 9.17) is 23.7 Å². The van der Waals surface area contributed by atoms with Gasteiger partial charge < -0.3 is 23.7 Å². The first-order chi connectivity index (χ1) is 28.1. The largest absolute Gasteiger partial charge is 0.494 e. The summed E-state index contributed by atoms with van der Waals surface area (Å²) >= 11 is 0. The summed E-state index contributed by atoms with van der Waals surface area (Å²) in [5.41, 5.74) is 3.61. The van der Waals surface area contributed by atoms with Gasteiger partial charge in [-0.25, -0.2) is 14.4 Å². The Bertz CT molecular complexity index is 1960. The van der Waals surface area contributed by atoms with Gasteiger partial charge in [-0.05, 0) is 116 Å². The second-order valence-corrected chi connectivity index (χ2v) is 13.9. The Morgan fingerprint density at radius 3 is 1.79 bits per heavy atom. The van der Waals surface area contributed by atoms with Crippen molar-refractivity contribution < 1.29 is 42.9 Å². The summed E-state index contributed by atoms with van der Waals surface area (Å²) in [5, 5.41) is 8.57. The Morgan fingerprint density at radius 1 is 0.638 bits per heavy atom. The van der Waals surface area contributed by atoms with Crippen molar-refractivity contribution in [2.24, 2.45) is 16.1 Å². The summed E-state index contributed by atoms with van der Waals surface area (Å²) in [6.45, 7) is 10.5. The fraction of sp³-hybridized carbons (Fsp3) is 0.362. The van der Waals surface area contributed by atoms with Crippen molar-refractivity contribution in [3.63, 3.8) is 0 Å². The van der Waals surface area contributed by atoms with Crippen molar-refractivity contribution >= 4 is 35.3 Å². The zero-order valence-electron chi connectivity index (χ0n) is 33.8. The minimum Gasteiger partial charge on any atom is -0.494 e. The van der Waals surface area contributed by atoms with Crippen LogP contribution in [-0.4, -0.2) is 43.7 Å². The number of aryl methyl sites for hydroxylation is 1. The fourth-order valence-electron chi connectivity index (χ4n) is 5.59. The number of hydrogen-bond donors (Lipinski definition) is 0. The Morgan fingerprint density at radius 2 is 1.19 bits per heavy atom. The Kier molecular flexibility index (Phi) is 18.9. The number of rotatable bonds is 24. The normalized spacial score (nSPS) is 11.4. The van der Waals surface area contributed by atoms with Crippen LogP contribution >= 0.6 is 0 Å². The van der Waals surface area contributed by atoms with Crippen LogP contribution in [0.2, 0.25) is 0 Å². The average Bonchev–Trinajstić information content (AvgIpc) is 3.24.